The zero-order valence-corrected chi connectivity index (χ0v) is 18.4. The van der Waals surface area contributed by atoms with Crippen molar-refractivity contribution in [2.45, 2.75) is 51.0 Å². The minimum absolute atomic E-state index is 0.0225. The van der Waals surface area contributed by atoms with Crippen LogP contribution in [0.15, 0.2) is 41.2 Å². The third-order valence-electron chi connectivity index (χ3n) is 6.16. The summed E-state index contributed by atoms with van der Waals surface area (Å²) in [5, 5.41) is 15.0. The number of rotatable bonds is 7. The monoisotopic (exact) mass is 443 g/mol. The topological polar surface area (TPSA) is 122 Å². The molecule has 1 atom stereocenters. The van der Waals surface area contributed by atoms with Crippen molar-refractivity contribution in [2.75, 3.05) is 16.8 Å². The van der Waals surface area contributed by atoms with Crippen molar-refractivity contribution in [1.82, 2.24) is 35.3 Å². The average Bonchev–Trinajstić information content (AvgIpc) is 3.23. The van der Waals surface area contributed by atoms with Gasteiger partial charge < -0.3 is 14.7 Å². The van der Waals surface area contributed by atoms with Crippen LogP contribution in [0.4, 0.5) is 17.6 Å². The highest BCUT2D eigenvalue weighted by atomic mass is 16.5. The number of aromatic nitrogens is 7. The summed E-state index contributed by atoms with van der Waals surface area (Å²) in [5.41, 5.74) is 2.80. The van der Waals surface area contributed by atoms with Crippen molar-refractivity contribution in [2.24, 2.45) is 0 Å². The van der Waals surface area contributed by atoms with Crippen molar-refractivity contribution < 1.29 is 4.52 Å². The lowest BCUT2D eigenvalue weighted by molar-refractivity contribution is 0.362. The molecule has 1 saturated heterocycles. The molecule has 4 aromatic heterocycles. The van der Waals surface area contributed by atoms with Crippen LogP contribution in [0.25, 0.3) is 11.5 Å². The van der Waals surface area contributed by atoms with Gasteiger partial charge in [-0.05, 0) is 38.2 Å². The van der Waals surface area contributed by atoms with Gasteiger partial charge >= 0.3 is 0 Å². The maximum Gasteiger partial charge on any atom is 0.228 e. The number of H-pyrrole nitrogens is 1. The summed E-state index contributed by atoms with van der Waals surface area (Å²) in [7, 11) is 0. The van der Waals surface area contributed by atoms with E-state index in [2.05, 4.69) is 42.5 Å². The van der Waals surface area contributed by atoms with Crippen LogP contribution in [-0.4, -0.2) is 41.8 Å². The second-order valence-electron chi connectivity index (χ2n) is 8.55. The summed E-state index contributed by atoms with van der Waals surface area (Å²) in [4.78, 5) is 20.6. The molecule has 33 heavy (non-hydrogen) atoms. The van der Waals surface area contributed by atoms with E-state index in [1.54, 1.807) is 18.5 Å². The Labute approximate surface area is 190 Å². The Morgan fingerprint density at radius 2 is 1.97 bits per heavy atom. The van der Waals surface area contributed by atoms with Crippen LogP contribution in [0.3, 0.4) is 0 Å². The van der Waals surface area contributed by atoms with E-state index in [4.69, 9.17) is 14.5 Å². The molecule has 0 aromatic carbocycles. The summed E-state index contributed by atoms with van der Waals surface area (Å²) in [6.45, 7) is 2.95. The average molecular weight is 444 g/mol. The number of anilines is 3. The zero-order chi connectivity index (χ0) is 22.2. The largest absolute Gasteiger partial charge is 0.358 e. The van der Waals surface area contributed by atoms with Crippen LogP contribution in [0, 0.1) is 0 Å². The number of hydrogen-bond donors (Lipinski definition) is 2. The molecule has 4 aromatic rings. The first-order valence-electron chi connectivity index (χ1n) is 11.5. The lowest BCUT2D eigenvalue weighted by Gasteiger charge is -2.23. The van der Waals surface area contributed by atoms with E-state index in [9.17, 15) is 0 Å². The van der Waals surface area contributed by atoms with Crippen LogP contribution >= 0.6 is 0 Å². The molecule has 2 aliphatic rings. The molecule has 5 heterocycles. The van der Waals surface area contributed by atoms with E-state index >= 15 is 0 Å². The first-order valence-corrected chi connectivity index (χ1v) is 11.5. The van der Waals surface area contributed by atoms with E-state index in [-0.39, 0.29) is 6.04 Å². The minimum atomic E-state index is 0.0225. The predicted molar refractivity (Wildman–Crippen MR) is 122 cm³/mol. The Balaban J connectivity index is 1.30. The van der Waals surface area contributed by atoms with E-state index < -0.39 is 0 Å². The summed E-state index contributed by atoms with van der Waals surface area (Å²) >= 11 is 0. The number of aromatic amines is 1. The number of nitrogens with one attached hydrogen (secondary N) is 2. The molecular weight excluding hydrogens is 418 g/mol. The van der Waals surface area contributed by atoms with Crippen LogP contribution in [0.5, 0.6) is 0 Å². The van der Waals surface area contributed by atoms with Gasteiger partial charge in [0, 0.05) is 48.7 Å². The van der Waals surface area contributed by atoms with Gasteiger partial charge in [0.05, 0.1) is 11.7 Å². The molecular formula is C23H25N9O. The highest BCUT2D eigenvalue weighted by Gasteiger charge is 2.33. The summed E-state index contributed by atoms with van der Waals surface area (Å²) in [5.74, 6) is 4.08. The molecule has 1 aliphatic heterocycles. The summed E-state index contributed by atoms with van der Waals surface area (Å²) in [6.07, 6.45) is 8.62. The van der Waals surface area contributed by atoms with E-state index in [1.807, 2.05) is 18.2 Å². The molecule has 2 N–H and O–H groups in total. The Hall–Kier alpha value is -3.82. The second kappa shape index (κ2) is 8.27. The van der Waals surface area contributed by atoms with Gasteiger partial charge in [0.2, 0.25) is 5.95 Å². The molecule has 1 saturated carbocycles. The molecule has 0 amide bonds. The van der Waals surface area contributed by atoms with Gasteiger partial charge in [0.15, 0.2) is 23.1 Å². The Kier molecular flexibility index (Phi) is 4.97. The van der Waals surface area contributed by atoms with Crippen molar-refractivity contribution in [3.05, 3.63) is 53.8 Å². The number of aryl methyl sites for hydroxylation is 1. The maximum atomic E-state index is 5.73. The molecule has 168 valence electrons. The second-order valence-corrected chi connectivity index (χ2v) is 8.55. The predicted octanol–water partition coefficient (Wildman–Crippen LogP) is 4.17. The van der Waals surface area contributed by atoms with E-state index in [0.29, 0.717) is 23.4 Å². The van der Waals surface area contributed by atoms with Crippen molar-refractivity contribution in [3.8, 4) is 11.5 Å². The SMILES string of the molecule is CCc1cc(Nc2cc(C3CC3)nc(N3CCCC3c3cc(-c4ncccn4)no3)n2)n[nH]1. The molecule has 0 spiro atoms. The molecule has 1 aliphatic carbocycles. The highest BCUT2D eigenvalue weighted by molar-refractivity contribution is 5.56. The number of nitrogens with zero attached hydrogens (tertiary/aromatic N) is 7. The van der Waals surface area contributed by atoms with Crippen LogP contribution in [-0.2, 0) is 6.42 Å². The van der Waals surface area contributed by atoms with Crippen LogP contribution in [0.1, 0.15) is 61.7 Å². The first kappa shape index (κ1) is 19.8. The normalized spacial score (nSPS) is 18.1. The maximum absolute atomic E-state index is 5.73. The Bertz CT molecular complexity index is 1250. The van der Waals surface area contributed by atoms with Gasteiger partial charge in [-0.1, -0.05) is 12.1 Å². The lowest BCUT2D eigenvalue weighted by atomic mass is 10.1. The molecule has 10 heteroatoms. The quantitative estimate of drug-likeness (QED) is 0.433. The zero-order valence-electron chi connectivity index (χ0n) is 18.4. The highest BCUT2D eigenvalue weighted by Crippen LogP contribution is 2.42. The molecule has 2 fully saturated rings. The first-order chi connectivity index (χ1) is 16.3. The Morgan fingerprint density at radius 3 is 2.76 bits per heavy atom. The smallest absolute Gasteiger partial charge is 0.228 e. The van der Waals surface area contributed by atoms with Gasteiger partial charge in [-0.25, -0.2) is 15.0 Å². The van der Waals surface area contributed by atoms with Gasteiger partial charge in [0.1, 0.15) is 5.82 Å². The lowest BCUT2D eigenvalue weighted by Crippen LogP contribution is -2.25. The third-order valence-corrected chi connectivity index (χ3v) is 6.16. The van der Waals surface area contributed by atoms with Gasteiger partial charge in [-0.2, -0.15) is 10.1 Å². The van der Waals surface area contributed by atoms with Crippen molar-refractivity contribution >= 4 is 17.6 Å². The van der Waals surface area contributed by atoms with Crippen LogP contribution in [0.2, 0.25) is 0 Å². The van der Waals surface area contributed by atoms with Gasteiger partial charge in [-0.15, -0.1) is 0 Å². The molecule has 0 radical (unpaired) electrons. The van der Waals surface area contributed by atoms with Crippen LogP contribution < -0.4 is 10.2 Å². The van der Waals surface area contributed by atoms with Crippen molar-refractivity contribution in [3.63, 3.8) is 0 Å². The van der Waals surface area contributed by atoms with E-state index in [0.717, 1.165) is 54.6 Å². The molecule has 6 rings (SSSR count). The van der Waals surface area contributed by atoms with Crippen molar-refractivity contribution in [1.29, 1.82) is 0 Å². The molecule has 10 nitrogen and oxygen atoms in total. The fourth-order valence-corrected chi connectivity index (χ4v) is 4.26. The number of hydrogen-bond acceptors (Lipinski definition) is 9. The van der Waals surface area contributed by atoms with Gasteiger partial charge in [-0.3, -0.25) is 5.10 Å². The molecule has 1 unspecified atom stereocenters. The Morgan fingerprint density at radius 1 is 1.09 bits per heavy atom. The molecule has 0 bridgehead atoms. The summed E-state index contributed by atoms with van der Waals surface area (Å²) in [6, 6.07) is 7.79. The van der Waals surface area contributed by atoms with E-state index in [1.165, 1.54) is 12.8 Å². The summed E-state index contributed by atoms with van der Waals surface area (Å²) < 4.78 is 5.73. The third kappa shape index (κ3) is 4.04. The van der Waals surface area contributed by atoms with Gasteiger partial charge in [0.25, 0.3) is 0 Å². The minimum Gasteiger partial charge on any atom is -0.358 e. The fraction of sp³-hybridized carbons (Fsp3) is 0.391. The fourth-order valence-electron chi connectivity index (χ4n) is 4.26. The standard InChI is InChI=1S/C23H25N9O/c1-2-15-11-21(30-29-15)27-20-13-16(14-6-7-14)26-23(28-20)32-10-3-5-18(32)19-12-17(31-33-19)22-24-8-4-9-25-22/h4,8-9,11-14,18H,2-3,5-7,10H2,1H3,(H2,26,27,28,29,30).